The molecular weight excluding hydrogens is 256 g/mol. The third-order valence-corrected chi connectivity index (χ3v) is 3.75. The highest BCUT2D eigenvalue weighted by molar-refractivity contribution is 5.91. The number of nitrogens with one attached hydrogen (secondary N) is 1. The third-order valence-electron chi connectivity index (χ3n) is 3.75. The zero-order valence-electron chi connectivity index (χ0n) is 11.4. The summed E-state index contributed by atoms with van der Waals surface area (Å²) in [7, 11) is 0. The van der Waals surface area contributed by atoms with E-state index in [1.54, 1.807) is 0 Å². The van der Waals surface area contributed by atoms with Gasteiger partial charge in [-0.2, -0.15) is 0 Å². The number of nitrogen functional groups attached to an aromatic ring is 1. The maximum atomic E-state index is 12.3. The van der Waals surface area contributed by atoms with Crippen molar-refractivity contribution in [3.63, 3.8) is 0 Å². The first-order valence-corrected chi connectivity index (χ1v) is 6.91. The van der Waals surface area contributed by atoms with E-state index in [1.807, 2.05) is 24.3 Å². The predicted molar refractivity (Wildman–Crippen MR) is 76.3 cm³/mol. The summed E-state index contributed by atoms with van der Waals surface area (Å²) in [5.74, 6) is -0.755. The van der Waals surface area contributed by atoms with E-state index in [1.165, 1.54) is 0 Å². The van der Waals surface area contributed by atoms with Gasteiger partial charge in [0.2, 0.25) is 5.91 Å². The van der Waals surface area contributed by atoms with Gasteiger partial charge in [-0.05, 0) is 43.4 Å². The number of carbonyl (C=O) groups is 2. The highest BCUT2D eigenvalue weighted by Crippen LogP contribution is 2.48. The van der Waals surface area contributed by atoms with Crippen molar-refractivity contribution in [1.29, 1.82) is 0 Å². The molecular formula is C15H20N2O3. The van der Waals surface area contributed by atoms with E-state index in [2.05, 4.69) is 5.32 Å². The van der Waals surface area contributed by atoms with Gasteiger partial charge in [-0.3, -0.25) is 9.59 Å². The van der Waals surface area contributed by atoms with Gasteiger partial charge in [-0.1, -0.05) is 12.1 Å². The molecule has 108 valence electrons. The van der Waals surface area contributed by atoms with Gasteiger partial charge in [-0.15, -0.1) is 0 Å². The van der Waals surface area contributed by atoms with Crippen LogP contribution in [0.1, 0.15) is 37.7 Å². The third kappa shape index (κ3) is 3.29. The van der Waals surface area contributed by atoms with E-state index in [-0.39, 0.29) is 17.7 Å². The van der Waals surface area contributed by atoms with E-state index in [9.17, 15) is 9.59 Å². The molecule has 1 aromatic rings. The van der Waals surface area contributed by atoms with E-state index in [0.29, 0.717) is 25.1 Å². The molecule has 1 aliphatic carbocycles. The minimum Gasteiger partial charge on any atom is -0.481 e. The number of aliphatic carboxylic acids is 1. The van der Waals surface area contributed by atoms with Crippen LogP contribution in [0.25, 0.3) is 0 Å². The predicted octanol–water partition coefficient (Wildman–Crippen LogP) is 1.67. The number of carbonyl (C=O) groups excluding carboxylic acids is 1. The molecule has 1 fully saturated rings. The smallest absolute Gasteiger partial charge is 0.303 e. The molecule has 1 aromatic carbocycles. The van der Waals surface area contributed by atoms with E-state index in [4.69, 9.17) is 10.8 Å². The lowest BCUT2D eigenvalue weighted by molar-refractivity contribution is -0.137. The van der Waals surface area contributed by atoms with Crippen LogP contribution in [0.15, 0.2) is 24.3 Å². The molecule has 0 spiro atoms. The lowest BCUT2D eigenvalue weighted by Crippen LogP contribution is -2.35. The van der Waals surface area contributed by atoms with Crippen LogP contribution in [0, 0.1) is 0 Å². The number of rotatable bonds is 7. The number of anilines is 1. The Bertz CT molecular complexity index is 492. The normalized spacial score (nSPS) is 15.6. The first kappa shape index (κ1) is 14.4. The maximum Gasteiger partial charge on any atom is 0.303 e. The van der Waals surface area contributed by atoms with Crippen LogP contribution >= 0.6 is 0 Å². The number of nitrogens with two attached hydrogens (primary N) is 1. The SMILES string of the molecule is Nc1ccc(C2(C(=O)NCCCCC(=O)O)CC2)cc1. The van der Waals surface area contributed by atoms with Crippen LogP contribution < -0.4 is 11.1 Å². The summed E-state index contributed by atoms with van der Waals surface area (Å²) in [6, 6.07) is 7.45. The molecule has 5 heteroatoms. The average Bonchev–Trinajstić information content (AvgIpc) is 3.20. The molecule has 2 rings (SSSR count). The van der Waals surface area contributed by atoms with Crippen LogP contribution in [0.2, 0.25) is 0 Å². The molecule has 0 aliphatic heterocycles. The van der Waals surface area contributed by atoms with Crippen molar-refractivity contribution in [2.24, 2.45) is 0 Å². The topological polar surface area (TPSA) is 92.4 Å². The summed E-state index contributed by atoms with van der Waals surface area (Å²) in [5, 5.41) is 11.4. The molecule has 0 aromatic heterocycles. The first-order chi connectivity index (χ1) is 9.54. The van der Waals surface area contributed by atoms with Crippen LogP contribution in [-0.2, 0) is 15.0 Å². The van der Waals surface area contributed by atoms with Crippen molar-refractivity contribution in [2.45, 2.75) is 37.5 Å². The van der Waals surface area contributed by atoms with Crippen molar-refractivity contribution in [3.8, 4) is 0 Å². The van der Waals surface area contributed by atoms with Gasteiger partial charge in [0.1, 0.15) is 0 Å². The fraction of sp³-hybridized carbons (Fsp3) is 0.467. The minimum absolute atomic E-state index is 0.0394. The van der Waals surface area contributed by atoms with Gasteiger partial charge in [-0.25, -0.2) is 0 Å². The molecule has 0 bridgehead atoms. The molecule has 0 heterocycles. The Morgan fingerprint density at radius 1 is 1.20 bits per heavy atom. The second-order valence-corrected chi connectivity index (χ2v) is 5.31. The number of unbranched alkanes of at least 4 members (excludes halogenated alkanes) is 1. The lowest BCUT2D eigenvalue weighted by atomic mass is 9.94. The number of carboxylic acids is 1. The zero-order chi connectivity index (χ0) is 14.6. The average molecular weight is 276 g/mol. The molecule has 20 heavy (non-hydrogen) atoms. The molecule has 4 N–H and O–H groups in total. The number of carboxylic acid groups (broad SMARTS) is 1. The molecule has 5 nitrogen and oxygen atoms in total. The second-order valence-electron chi connectivity index (χ2n) is 5.31. The monoisotopic (exact) mass is 276 g/mol. The van der Waals surface area contributed by atoms with Gasteiger partial charge in [0, 0.05) is 18.7 Å². The van der Waals surface area contributed by atoms with E-state index >= 15 is 0 Å². The van der Waals surface area contributed by atoms with Crippen molar-refractivity contribution in [2.75, 3.05) is 12.3 Å². The number of hydrogen-bond acceptors (Lipinski definition) is 3. The Hall–Kier alpha value is -2.04. The van der Waals surface area contributed by atoms with Gasteiger partial charge < -0.3 is 16.2 Å². The fourth-order valence-corrected chi connectivity index (χ4v) is 2.35. The number of hydrogen-bond donors (Lipinski definition) is 3. The fourth-order valence-electron chi connectivity index (χ4n) is 2.35. The standard InChI is InChI=1S/C15H20N2O3/c16-12-6-4-11(5-7-12)15(8-9-15)14(20)17-10-2-1-3-13(18)19/h4-7H,1-3,8-10,16H2,(H,17,20)(H,18,19). The summed E-state index contributed by atoms with van der Waals surface area (Å²) in [5.41, 5.74) is 6.97. The van der Waals surface area contributed by atoms with Crippen LogP contribution in [0.3, 0.4) is 0 Å². The second kappa shape index (κ2) is 5.94. The summed E-state index contributed by atoms with van der Waals surface area (Å²) in [6.45, 7) is 0.531. The molecule has 1 amide bonds. The van der Waals surface area contributed by atoms with Crippen LogP contribution in [0.5, 0.6) is 0 Å². The van der Waals surface area contributed by atoms with Crippen molar-refractivity contribution >= 4 is 17.6 Å². The van der Waals surface area contributed by atoms with Gasteiger partial charge in [0.05, 0.1) is 5.41 Å². The number of amides is 1. The van der Waals surface area contributed by atoms with Gasteiger partial charge in [0.15, 0.2) is 0 Å². The van der Waals surface area contributed by atoms with E-state index < -0.39 is 5.97 Å². The Morgan fingerprint density at radius 3 is 2.40 bits per heavy atom. The largest absolute Gasteiger partial charge is 0.481 e. The minimum atomic E-state index is -0.795. The molecule has 1 aliphatic rings. The van der Waals surface area contributed by atoms with E-state index in [0.717, 1.165) is 18.4 Å². The molecule has 0 radical (unpaired) electrons. The van der Waals surface area contributed by atoms with Crippen molar-refractivity contribution in [1.82, 2.24) is 5.32 Å². The Kier molecular flexibility index (Phi) is 4.27. The molecule has 0 atom stereocenters. The summed E-state index contributed by atoms with van der Waals surface area (Å²) in [4.78, 5) is 22.6. The first-order valence-electron chi connectivity index (χ1n) is 6.91. The summed E-state index contributed by atoms with van der Waals surface area (Å²) >= 11 is 0. The van der Waals surface area contributed by atoms with Crippen LogP contribution in [0.4, 0.5) is 5.69 Å². The highest BCUT2D eigenvalue weighted by atomic mass is 16.4. The highest BCUT2D eigenvalue weighted by Gasteiger charge is 2.50. The Morgan fingerprint density at radius 2 is 1.85 bits per heavy atom. The molecule has 0 saturated heterocycles. The van der Waals surface area contributed by atoms with Gasteiger partial charge in [0.25, 0.3) is 0 Å². The molecule has 1 saturated carbocycles. The lowest BCUT2D eigenvalue weighted by Gasteiger charge is -2.16. The van der Waals surface area contributed by atoms with Crippen molar-refractivity contribution in [3.05, 3.63) is 29.8 Å². The number of benzene rings is 1. The maximum absolute atomic E-state index is 12.3. The van der Waals surface area contributed by atoms with Crippen LogP contribution in [-0.4, -0.2) is 23.5 Å². The summed E-state index contributed by atoms with van der Waals surface area (Å²) in [6.07, 6.45) is 3.15. The Balaban J connectivity index is 1.83. The zero-order valence-corrected chi connectivity index (χ0v) is 11.4. The van der Waals surface area contributed by atoms with Crippen molar-refractivity contribution < 1.29 is 14.7 Å². The summed E-state index contributed by atoms with van der Waals surface area (Å²) < 4.78 is 0. The van der Waals surface area contributed by atoms with Gasteiger partial charge >= 0.3 is 5.97 Å². The molecule has 0 unspecified atom stereocenters. The Labute approximate surface area is 118 Å². The quantitative estimate of drug-likeness (QED) is 0.522.